The number of para-hydroxylation sites is 2. The van der Waals surface area contributed by atoms with Crippen LogP contribution in [-0.4, -0.2) is 14.5 Å². The van der Waals surface area contributed by atoms with Crippen molar-refractivity contribution in [3.05, 3.63) is 90.1 Å². The Morgan fingerprint density at radius 2 is 1.57 bits per heavy atom. The topological polar surface area (TPSA) is 30.7 Å². The number of fused-ring (bicyclic) bond motifs is 6. The van der Waals surface area contributed by atoms with Crippen LogP contribution in [0.4, 0.5) is 0 Å². The number of benzene rings is 3. The van der Waals surface area contributed by atoms with Gasteiger partial charge in [-0.25, -0.2) is 9.97 Å². The van der Waals surface area contributed by atoms with E-state index in [1.807, 2.05) is 24.4 Å². The van der Waals surface area contributed by atoms with E-state index in [0.29, 0.717) is 0 Å². The van der Waals surface area contributed by atoms with Gasteiger partial charge in [0, 0.05) is 27.9 Å². The molecule has 1 aliphatic rings. The molecule has 134 valence electrons. The fourth-order valence-electron chi connectivity index (χ4n) is 4.77. The highest BCUT2D eigenvalue weighted by molar-refractivity contribution is 5.99. The number of hydrogen-bond donors (Lipinski definition) is 0. The standard InChI is InChI=1S/C25H19N3/c1-25(2)19-12-6-4-10-17(19)23-22(25)18-11-5-8-14-21(18)28(23)24-26-15-16-9-3-7-13-20(16)27-24/h3-15H,1-2H3. The third-order valence-electron chi connectivity index (χ3n) is 6.03. The number of nitrogens with zero attached hydrogens (tertiary/aromatic N) is 3. The van der Waals surface area contributed by atoms with Crippen LogP contribution in [0.25, 0.3) is 39.0 Å². The Kier molecular flexibility index (Phi) is 2.95. The zero-order valence-corrected chi connectivity index (χ0v) is 15.8. The van der Waals surface area contributed by atoms with E-state index in [1.165, 1.54) is 27.8 Å². The molecule has 28 heavy (non-hydrogen) atoms. The fraction of sp³-hybridized carbons (Fsp3) is 0.120. The Bertz CT molecular complexity index is 1390. The molecular formula is C25H19N3. The van der Waals surface area contributed by atoms with Gasteiger partial charge in [-0.1, -0.05) is 74.5 Å². The van der Waals surface area contributed by atoms with E-state index in [2.05, 4.69) is 73.0 Å². The first-order valence-electron chi connectivity index (χ1n) is 9.62. The van der Waals surface area contributed by atoms with Crippen molar-refractivity contribution in [3.63, 3.8) is 0 Å². The van der Waals surface area contributed by atoms with E-state index >= 15 is 0 Å². The summed E-state index contributed by atoms with van der Waals surface area (Å²) in [5.41, 5.74) is 7.27. The van der Waals surface area contributed by atoms with Gasteiger partial charge in [-0.05, 0) is 23.3 Å². The molecule has 0 spiro atoms. The first-order chi connectivity index (χ1) is 13.7. The summed E-state index contributed by atoms with van der Waals surface area (Å²) in [7, 11) is 0. The molecule has 0 bridgehead atoms. The van der Waals surface area contributed by atoms with Crippen LogP contribution in [0.1, 0.15) is 25.0 Å². The molecule has 6 rings (SSSR count). The van der Waals surface area contributed by atoms with Gasteiger partial charge in [-0.15, -0.1) is 0 Å². The summed E-state index contributed by atoms with van der Waals surface area (Å²) in [4.78, 5) is 9.67. The number of hydrogen-bond acceptors (Lipinski definition) is 2. The summed E-state index contributed by atoms with van der Waals surface area (Å²) < 4.78 is 2.24. The summed E-state index contributed by atoms with van der Waals surface area (Å²) in [5, 5.41) is 2.33. The molecule has 0 atom stereocenters. The van der Waals surface area contributed by atoms with Crippen LogP contribution in [0, 0.1) is 0 Å². The van der Waals surface area contributed by atoms with Gasteiger partial charge in [-0.2, -0.15) is 0 Å². The van der Waals surface area contributed by atoms with Gasteiger partial charge in [0.15, 0.2) is 0 Å². The summed E-state index contributed by atoms with van der Waals surface area (Å²) in [5.74, 6) is 0.726. The lowest BCUT2D eigenvalue weighted by Gasteiger charge is -2.21. The Morgan fingerprint density at radius 3 is 2.50 bits per heavy atom. The molecule has 0 N–H and O–H groups in total. The highest BCUT2D eigenvalue weighted by Crippen LogP contribution is 2.53. The summed E-state index contributed by atoms with van der Waals surface area (Å²) in [6.45, 7) is 4.63. The number of aromatic nitrogens is 3. The third-order valence-corrected chi connectivity index (χ3v) is 6.03. The third kappa shape index (κ3) is 1.88. The first kappa shape index (κ1) is 15.6. The average molecular weight is 361 g/mol. The summed E-state index contributed by atoms with van der Waals surface area (Å²) in [6.07, 6.45) is 1.92. The molecule has 2 heterocycles. The van der Waals surface area contributed by atoms with Crippen LogP contribution in [0.2, 0.25) is 0 Å². The largest absolute Gasteiger partial charge is 0.278 e. The Balaban J connectivity index is 1.78. The molecule has 0 aliphatic heterocycles. The van der Waals surface area contributed by atoms with Crippen LogP contribution in [-0.2, 0) is 5.41 Å². The molecule has 5 aromatic rings. The fourth-order valence-corrected chi connectivity index (χ4v) is 4.77. The minimum absolute atomic E-state index is 0.0619. The van der Waals surface area contributed by atoms with Gasteiger partial charge in [0.2, 0.25) is 5.95 Å². The minimum Gasteiger partial charge on any atom is -0.278 e. The Labute approximate surface area is 163 Å². The monoisotopic (exact) mass is 361 g/mol. The van der Waals surface area contributed by atoms with Gasteiger partial charge in [0.05, 0.1) is 16.7 Å². The molecule has 3 heteroatoms. The summed E-state index contributed by atoms with van der Waals surface area (Å²) in [6, 6.07) is 25.5. The molecule has 3 nitrogen and oxygen atoms in total. The Morgan fingerprint density at radius 1 is 0.821 bits per heavy atom. The van der Waals surface area contributed by atoms with Gasteiger partial charge >= 0.3 is 0 Å². The molecule has 0 radical (unpaired) electrons. The van der Waals surface area contributed by atoms with Crippen molar-refractivity contribution >= 4 is 21.8 Å². The lowest BCUT2D eigenvalue weighted by atomic mass is 9.81. The van der Waals surface area contributed by atoms with Crippen molar-refractivity contribution < 1.29 is 0 Å². The smallest absolute Gasteiger partial charge is 0.235 e. The first-order valence-corrected chi connectivity index (χ1v) is 9.62. The van der Waals surface area contributed by atoms with Gasteiger partial charge in [0.25, 0.3) is 0 Å². The number of rotatable bonds is 1. The van der Waals surface area contributed by atoms with Crippen LogP contribution in [0.3, 0.4) is 0 Å². The maximum Gasteiger partial charge on any atom is 0.235 e. The van der Waals surface area contributed by atoms with Crippen LogP contribution in [0.15, 0.2) is 79.0 Å². The quantitative estimate of drug-likeness (QED) is 0.373. The maximum atomic E-state index is 4.92. The lowest BCUT2D eigenvalue weighted by molar-refractivity contribution is 0.666. The predicted molar refractivity (Wildman–Crippen MR) is 114 cm³/mol. The molecule has 0 amide bonds. The molecule has 0 unspecified atom stereocenters. The summed E-state index contributed by atoms with van der Waals surface area (Å²) >= 11 is 0. The van der Waals surface area contributed by atoms with Crippen molar-refractivity contribution in [1.29, 1.82) is 0 Å². The average Bonchev–Trinajstić information content (AvgIpc) is 3.19. The van der Waals surface area contributed by atoms with E-state index in [-0.39, 0.29) is 5.41 Å². The zero-order valence-electron chi connectivity index (χ0n) is 15.8. The highest BCUT2D eigenvalue weighted by Gasteiger charge is 2.40. The minimum atomic E-state index is -0.0619. The molecule has 0 saturated heterocycles. The van der Waals surface area contributed by atoms with Gasteiger partial charge < -0.3 is 0 Å². The van der Waals surface area contributed by atoms with E-state index in [9.17, 15) is 0 Å². The maximum absolute atomic E-state index is 4.92. The molecular weight excluding hydrogens is 342 g/mol. The normalized spacial score (nSPS) is 14.4. The van der Waals surface area contributed by atoms with Gasteiger partial charge in [0.1, 0.15) is 0 Å². The van der Waals surface area contributed by atoms with Crippen molar-refractivity contribution in [2.45, 2.75) is 19.3 Å². The predicted octanol–water partition coefficient (Wildman–Crippen LogP) is 5.88. The second-order valence-electron chi connectivity index (χ2n) is 7.98. The zero-order chi connectivity index (χ0) is 18.9. The second-order valence-corrected chi connectivity index (χ2v) is 7.98. The van der Waals surface area contributed by atoms with E-state index in [4.69, 9.17) is 9.97 Å². The van der Waals surface area contributed by atoms with E-state index in [0.717, 1.165) is 22.4 Å². The second kappa shape index (κ2) is 5.29. The van der Waals surface area contributed by atoms with E-state index < -0.39 is 0 Å². The van der Waals surface area contributed by atoms with Crippen molar-refractivity contribution in [3.8, 4) is 17.2 Å². The lowest BCUT2D eigenvalue weighted by Crippen LogP contribution is -2.14. The van der Waals surface area contributed by atoms with Crippen LogP contribution in [0.5, 0.6) is 0 Å². The Hall–Kier alpha value is -3.46. The molecule has 1 aliphatic carbocycles. The van der Waals surface area contributed by atoms with Crippen LogP contribution >= 0.6 is 0 Å². The molecule has 0 fully saturated rings. The van der Waals surface area contributed by atoms with Crippen molar-refractivity contribution in [2.24, 2.45) is 0 Å². The SMILES string of the molecule is CC1(C)c2ccccc2-c2c1c1ccccc1n2-c1ncc2ccccc2n1. The molecule has 2 aromatic heterocycles. The molecule has 3 aromatic carbocycles. The van der Waals surface area contributed by atoms with Crippen LogP contribution < -0.4 is 0 Å². The van der Waals surface area contributed by atoms with Crippen molar-refractivity contribution in [1.82, 2.24) is 14.5 Å². The van der Waals surface area contributed by atoms with Gasteiger partial charge in [-0.3, -0.25) is 4.57 Å². The van der Waals surface area contributed by atoms with E-state index in [1.54, 1.807) is 0 Å². The molecule has 0 saturated carbocycles. The van der Waals surface area contributed by atoms with Crippen molar-refractivity contribution in [2.75, 3.05) is 0 Å². The highest BCUT2D eigenvalue weighted by atomic mass is 15.2.